The van der Waals surface area contributed by atoms with Gasteiger partial charge in [0.15, 0.2) is 0 Å². The summed E-state index contributed by atoms with van der Waals surface area (Å²) in [5.74, 6) is 0.635. The van der Waals surface area contributed by atoms with Gasteiger partial charge in [0.05, 0.1) is 13.0 Å². The van der Waals surface area contributed by atoms with Gasteiger partial charge in [-0.1, -0.05) is 18.2 Å². The van der Waals surface area contributed by atoms with E-state index >= 15 is 0 Å². The lowest BCUT2D eigenvalue weighted by Crippen LogP contribution is -2.27. The zero-order valence-corrected chi connectivity index (χ0v) is 13.2. The van der Waals surface area contributed by atoms with Gasteiger partial charge in [-0.15, -0.1) is 0 Å². The third kappa shape index (κ3) is 4.04. The lowest BCUT2D eigenvalue weighted by Gasteiger charge is -2.14. The number of carbonyl (C=O) groups is 2. The first-order chi connectivity index (χ1) is 11.7. The molecule has 6 heteroatoms. The minimum absolute atomic E-state index is 0.0927. The number of urea groups is 1. The summed E-state index contributed by atoms with van der Waals surface area (Å²) in [4.78, 5) is 25.2. The van der Waals surface area contributed by atoms with E-state index in [4.69, 9.17) is 4.74 Å². The fourth-order valence-electron chi connectivity index (χ4n) is 2.44. The van der Waals surface area contributed by atoms with Crippen molar-refractivity contribution in [2.75, 3.05) is 29.9 Å². The van der Waals surface area contributed by atoms with Crippen LogP contribution in [0.2, 0.25) is 0 Å². The minimum atomic E-state index is -0.113. The van der Waals surface area contributed by atoms with Crippen LogP contribution in [0.3, 0.4) is 0 Å². The van der Waals surface area contributed by atoms with Crippen molar-refractivity contribution >= 4 is 23.3 Å². The molecule has 1 aliphatic heterocycles. The number of nitrogens with one attached hydrogen (secondary N) is 2. The van der Waals surface area contributed by atoms with Crippen LogP contribution in [-0.4, -0.2) is 31.6 Å². The molecule has 1 heterocycles. The predicted octanol–water partition coefficient (Wildman–Crippen LogP) is 2.62. The summed E-state index contributed by atoms with van der Waals surface area (Å²) in [6.07, 6.45) is 0.269. The van der Waals surface area contributed by atoms with E-state index in [1.165, 1.54) is 0 Å². The van der Waals surface area contributed by atoms with Crippen molar-refractivity contribution in [1.82, 2.24) is 5.32 Å². The molecule has 1 aliphatic rings. The molecule has 0 unspecified atom stereocenters. The largest absolute Gasteiger partial charge is 0.493 e. The molecule has 6 nitrogen and oxygen atoms in total. The van der Waals surface area contributed by atoms with Crippen molar-refractivity contribution in [3.05, 3.63) is 54.6 Å². The zero-order valence-electron chi connectivity index (χ0n) is 13.2. The number of nitrogens with zero attached hydrogens (tertiary/aromatic N) is 1. The van der Waals surface area contributed by atoms with Crippen LogP contribution in [-0.2, 0) is 4.79 Å². The number of benzene rings is 2. The topological polar surface area (TPSA) is 70.7 Å². The van der Waals surface area contributed by atoms with E-state index in [9.17, 15) is 9.59 Å². The van der Waals surface area contributed by atoms with Crippen LogP contribution in [0, 0.1) is 0 Å². The molecule has 1 saturated heterocycles. The second kappa shape index (κ2) is 7.50. The highest BCUT2D eigenvalue weighted by Gasteiger charge is 2.20. The zero-order chi connectivity index (χ0) is 16.8. The fourth-order valence-corrected chi connectivity index (χ4v) is 2.44. The Bertz CT molecular complexity index is 701. The van der Waals surface area contributed by atoms with E-state index in [-0.39, 0.29) is 18.4 Å². The van der Waals surface area contributed by atoms with Crippen molar-refractivity contribution in [3.8, 4) is 5.75 Å². The third-order valence-corrected chi connectivity index (χ3v) is 3.66. The maximum absolute atomic E-state index is 11.9. The SMILES string of the molecule is O=C(CCOc1ccccc1)Nc1ccc(N2CCNC2=O)cc1. The number of rotatable bonds is 6. The highest BCUT2D eigenvalue weighted by atomic mass is 16.5. The average molecular weight is 325 g/mol. The van der Waals surface area contributed by atoms with Crippen molar-refractivity contribution in [2.45, 2.75) is 6.42 Å². The Morgan fingerprint density at radius 3 is 2.54 bits per heavy atom. The van der Waals surface area contributed by atoms with Gasteiger partial charge < -0.3 is 15.4 Å². The van der Waals surface area contributed by atoms with Crippen LogP contribution >= 0.6 is 0 Å². The lowest BCUT2D eigenvalue weighted by atomic mass is 10.2. The number of ether oxygens (including phenoxy) is 1. The molecular formula is C18H19N3O3. The Morgan fingerprint density at radius 2 is 1.88 bits per heavy atom. The number of para-hydroxylation sites is 1. The van der Waals surface area contributed by atoms with Crippen LogP contribution in [0.5, 0.6) is 5.75 Å². The molecule has 2 aromatic rings. The molecular weight excluding hydrogens is 306 g/mol. The van der Waals surface area contributed by atoms with Gasteiger partial charge in [0, 0.05) is 24.5 Å². The van der Waals surface area contributed by atoms with E-state index in [1.807, 2.05) is 42.5 Å². The Labute approximate surface area is 140 Å². The van der Waals surface area contributed by atoms with E-state index in [1.54, 1.807) is 17.0 Å². The van der Waals surface area contributed by atoms with E-state index < -0.39 is 0 Å². The Kier molecular flexibility index (Phi) is 4.96. The maximum atomic E-state index is 11.9. The molecule has 0 aromatic heterocycles. The third-order valence-electron chi connectivity index (χ3n) is 3.66. The van der Waals surface area contributed by atoms with Crippen LogP contribution in [0.4, 0.5) is 16.2 Å². The summed E-state index contributed by atoms with van der Waals surface area (Å²) in [5, 5.41) is 5.57. The molecule has 0 radical (unpaired) electrons. The monoisotopic (exact) mass is 325 g/mol. The number of hydrogen-bond acceptors (Lipinski definition) is 3. The molecule has 0 bridgehead atoms. The van der Waals surface area contributed by atoms with Gasteiger partial charge in [-0.05, 0) is 36.4 Å². The number of hydrogen-bond donors (Lipinski definition) is 2. The van der Waals surface area contributed by atoms with Gasteiger partial charge in [-0.3, -0.25) is 9.69 Å². The summed E-state index contributed by atoms with van der Waals surface area (Å²) in [7, 11) is 0. The molecule has 1 fully saturated rings. The lowest BCUT2D eigenvalue weighted by molar-refractivity contribution is -0.116. The van der Waals surface area contributed by atoms with Crippen molar-refractivity contribution in [2.24, 2.45) is 0 Å². The predicted molar refractivity (Wildman–Crippen MR) is 92.4 cm³/mol. The fraction of sp³-hybridized carbons (Fsp3) is 0.222. The van der Waals surface area contributed by atoms with Crippen molar-refractivity contribution < 1.29 is 14.3 Å². The van der Waals surface area contributed by atoms with Crippen molar-refractivity contribution in [1.29, 1.82) is 0 Å². The number of anilines is 2. The molecule has 24 heavy (non-hydrogen) atoms. The van der Waals surface area contributed by atoms with Gasteiger partial charge in [0.25, 0.3) is 0 Å². The van der Waals surface area contributed by atoms with Gasteiger partial charge in [-0.2, -0.15) is 0 Å². The second-order valence-corrected chi connectivity index (χ2v) is 5.39. The van der Waals surface area contributed by atoms with Crippen molar-refractivity contribution in [3.63, 3.8) is 0 Å². The summed E-state index contributed by atoms with van der Waals surface area (Å²) in [5.41, 5.74) is 1.51. The molecule has 3 rings (SSSR count). The standard InChI is InChI=1S/C18H19N3O3/c22-17(10-13-24-16-4-2-1-3-5-16)20-14-6-8-15(9-7-14)21-12-11-19-18(21)23/h1-9H,10-13H2,(H,19,23)(H,20,22). The summed E-state index contributed by atoms with van der Waals surface area (Å²) >= 11 is 0. The highest BCUT2D eigenvalue weighted by molar-refractivity contribution is 5.95. The minimum Gasteiger partial charge on any atom is -0.493 e. The summed E-state index contributed by atoms with van der Waals surface area (Å²) < 4.78 is 5.50. The molecule has 0 saturated carbocycles. The molecule has 0 spiro atoms. The molecule has 2 N–H and O–H groups in total. The quantitative estimate of drug-likeness (QED) is 0.858. The van der Waals surface area contributed by atoms with E-state index in [0.717, 1.165) is 11.4 Å². The molecule has 0 atom stereocenters. The molecule has 2 aromatic carbocycles. The van der Waals surface area contributed by atoms with E-state index in [2.05, 4.69) is 10.6 Å². The van der Waals surface area contributed by atoms with Crippen LogP contribution in [0.1, 0.15) is 6.42 Å². The number of amides is 3. The van der Waals surface area contributed by atoms with Gasteiger partial charge >= 0.3 is 6.03 Å². The first-order valence-corrected chi connectivity index (χ1v) is 7.85. The van der Waals surface area contributed by atoms with Gasteiger partial charge in [-0.25, -0.2) is 4.79 Å². The maximum Gasteiger partial charge on any atom is 0.321 e. The van der Waals surface area contributed by atoms with Crippen LogP contribution in [0.25, 0.3) is 0 Å². The average Bonchev–Trinajstić information content (AvgIpc) is 3.03. The van der Waals surface area contributed by atoms with Crippen LogP contribution in [0.15, 0.2) is 54.6 Å². The Balaban J connectivity index is 1.47. The first kappa shape index (κ1) is 15.9. The van der Waals surface area contributed by atoms with E-state index in [0.29, 0.717) is 25.4 Å². The highest BCUT2D eigenvalue weighted by Crippen LogP contribution is 2.19. The first-order valence-electron chi connectivity index (χ1n) is 7.85. The Hall–Kier alpha value is -3.02. The van der Waals surface area contributed by atoms with Gasteiger partial charge in [0.2, 0.25) is 5.91 Å². The van der Waals surface area contributed by atoms with Gasteiger partial charge in [0.1, 0.15) is 5.75 Å². The second-order valence-electron chi connectivity index (χ2n) is 5.39. The summed E-state index contributed by atoms with van der Waals surface area (Å²) in [6, 6.07) is 16.5. The Morgan fingerprint density at radius 1 is 1.12 bits per heavy atom. The summed E-state index contributed by atoms with van der Waals surface area (Å²) in [6.45, 7) is 1.63. The molecule has 0 aliphatic carbocycles. The molecule has 3 amide bonds. The normalized spacial score (nSPS) is 13.5. The van der Waals surface area contributed by atoms with Crippen LogP contribution < -0.4 is 20.3 Å². The number of carbonyl (C=O) groups excluding carboxylic acids is 2. The smallest absolute Gasteiger partial charge is 0.321 e. The molecule has 124 valence electrons.